The molecule has 1 aliphatic carbocycles. The highest BCUT2D eigenvalue weighted by molar-refractivity contribution is 5.66. The van der Waals surface area contributed by atoms with Crippen molar-refractivity contribution in [1.29, 1.82) is 0 Å². The van der Waals surface area contributed by atoms with Crippen LogP contribution in [0.1, 0.15) is 23.6 Å². The Morgan fingerprint density at radius 1 is 0.583 bits per heavy atom. The second-order valence-electron chi connectivity index (χ2n) is 8.84. The van der Waals surface area contributed by atoms with E-state index in [1.807, 2.05) is 91.0 Å². The van der Waals surface area contributed by atoms with E-state index in [4.69, 9.17) is 18.9 Å². The Morgan fingerprint density at radius 3 is 1.25 bits per heavy atom. The van der Waals surface area contributed by atoms with E-state index >= 15 is 0 Å². The molecule has 3 aromatic carbocycles. The monoisotopic (exact) mass is 492 g/mol. The molecule has 0 heterocycles. The van der Waals surface area contributed by atoms with E-state index in [1.165, 1.54) is 6.92 Å². The van der Waals surface area contributed by atoms with Crippen molar-refractivity contribution in [3.63, 3.8) is 0 Å². The zero-order chi connectivity index (χ0) is 25.3. The Labute approximate surface area is 211 Å². The van der Waals surface area contributed by atoms with Crippen molar-refractivity contribution < 1.29 is 34.0 Å². The smallest absolute Gasteiger partial charge is 0.303 e. The summed E-state index contributed by atoms with van der Waals surface area (Å²) in [5.41, 5.74) is 2.74. The van der Waals surface area contributed by atoms with Gasteiger partial charge in [0, 0.05) is 6.92 Å². The topological polar surface area (TPSA) is 94.5 Å². The van der Waals surface area contributed by atoms with Crippen LogP contribution in [-0.2, 0) is 43.6 Å². The summed E-state index contributed by atoms with van der Waals surface area (Å²) in [5, 5.41) is 22.4. The molecular weight excluding hydrogens is 460 g/mol. The highest BCUT2D eigenvalue weighted by Gasteiger charge is 2.53. The van der Waals surface area contributed by atoms with Gasteiger partial charge in [0.25, 0.3) is 0 Å². The van der Waals surface area contributed by atoms with Crippen molar-refractivity contribution in [2.24, 2.45) is 0 Å². The lowest BCUT2D eigenvalue weighted by Gasteiger charge is -2.46. The Morgan fingerprint density at radius 2 is 0.917 bits per heavy atom. The largest absolute Gasteiger partial charge is 0.457 e. The number of carbonyl (C=O) groups excluding carboxylic acids is 1. The van der Waals surface area contributed by atoms with E-state index < -0.39 is 42.6 Å². The number of hydrogen-bond donors (Lipinski definition) is 2. The van der Waals surface area contributed by atoms with Gasteiger partial charge in [-0.1, -0.05) is 91.0 Å². The average molecular weight is 493 g/mol. The van der Waals surface area contributed by atoms with Crippen LogP contribution in [0.4, 0.5) is 0 Å². The molecular formula is C29H32O7. The molecule has 0 aromatic heterocycles. The molecule has 1 saturated carbocycles. The van der Waals surface area contributed by atoms with E-state index in [0.717, 1.165) is 16.7 Å². The zero-order valence-electron chi connectivity index (χ0n) is 20.2. The van der Waals surface area contributed by atoms with Crippen molar-refractivity contribution in [2.45, 2.75) is 63.4 Å². The van der Waals surface area contributed by atoms with E-state index in [9.17, 15) is 15.0 Å². The minimum Gasteiger partial charge on any atom is -0.457 e. The van der Waals surface area contributed by atoms with E-state index in [1.54, 1.807) is 0 Å². The molecule has 7 heteroatoms. The third kappa shape index (κ3) is 6.78. The Kier molecular flexibility index (Phi) is 9.22. The number of ether oxygens (including phenoxy) is 4. The molecule has 36 heavy (non-hydrogen) atoms. The highest BCUT2D eigenvalue weighted by Crippen LogP contribution is 2.32. The Bertz CT molecular complexity index is 1000. The van der Waals surface area contributed by atoms with Gasteiger partial charge in [0.2, 0.25) is 0 Å². The van der Waals surface area contributed by atoms with Crippen molar-refractivity contribution in [1.82, 2.24) is 0 Å². The SMILES string of the molecule is CC(=O)OC1[C@@H](O)[C@@H](OCc2ccccc2)C(OCc2ccccc2)[C@H](OCc2ccccc2)[C@H]1O. The zero-order valence-corrected chi connectivity index (χ0v) is 20.2. The first kappa shape index (κ1) is 26.0. The van der Waals surface area contributed by atoms with Crippen LogP contribution in [0.25, 0.3) is 0 Å². The lowest BCUT2D eigenvalue weighted by atomic mass is 9.84. The van der Waals surface area contributed by atoms with Crippen LogP contribution in [-0.4, -0.2) is 52.8 Å². The summed E-state index contributed by atoms with van der Waals surface area (Å²) >= 11 is 0. The molecule has 0 aliphatic heterocycles. The van der Waals surface area contributed by atoms with E-state index in [2.05, 4.69) is 0 Å². The molecule has 1 fully saturated rings. The second kappa shape index (κ2) is 12.8. The van der Waals surface area contributed by atoms with Crippen LogP contribution in [0.15, 0.2) is 91.0 Å². The number of aliphatic hydroxyl groups is 2. The minimum absolute atomic E-state index is 0.196. The maximum Gasteiger partial charge on any atom is 0.303 e. The highest BCUT2D eigenvalue weighted by atomic mass is 16.6. The van der Waals surface area contributed by atoms with Gasteiger partial charge in [0.1, 0.15) is 30.5 Å². The summed E-state index contributed by atoms with van der Waals surface area (Å²) < 4.78 is 23.9. The van der Waals surface area contributed by atoms with Gasteiger partial charge in [-0.25, -0.2) is 0 Å². The molecule has 0 saturated heterocycles. The number of carbonyl (C=O) groups is 1. The van der Waals surface area contributed by atoms with Crippen LogP contribution in [0, 0.1) is 0 Å². The van der Waals surface area contributed by atoms with Gasteiger partial charge in [0.05, 0.1) is 19.8 Å². The fourth-order valence-corrected chi connectivity index (χ4v) is 4.36. The van der Waals surface area contributed by atoms with Gasteiger partial charge in [-0.3, -0.25) is 4.79 Å². The van der Waals surface area contributed by atoms with Crippen molar-refractivity contribution in [2.75, 3.05) is 0 Å². The quantitative estimate of drug-likeness (QED) is 0.419. The lowest BCUT2D eigenvalue weighted by Crippen LogP contribution is -2.66. The van der Waals surface area contributed by atoms with Gasteiger partial charge >= 0.3 is 5.97 Å². The summed E-state index contributed by atoms with van der Waals surface area (Å²) in [4.78, 5) is 11.8. The van der Waals surface area contributed by atoms with Crippen molar-refractivity contribution in [3.8, 4) is 0 Å². The Balaban J connectivity index is 1.60. The van der Waals surface area contributed by atoms with Gasteiger partial charge in [0.15, 0.2) is 6.10 Å². The van der Waals surface area contributed by atoms with Gasteiger partial charge in [-0.15, -0.1) is 0 Å². The predicted octanol–water partition coefficient (Wildman–Crippen LogP) is 3.41. The summed E-state index contributed by atoms with van der Waals surface area (Å²) in [7, 11) is 0. The summed E-state index contributed by atoms with van der Waals surface area (Å²) in [5.74, 6) is -0.620. The van der Waals surface area contributed by atoms with Gasteiger partial charge in [-0.05, 0) is 16.7 Å². The van der Waals surface area contributed by atoms with Crippen LogP contribution in [0.3, 0.4) is 0 Å². The summed E-state index contributed by atoms with van der Waals surface area (Å²) in [6.45, 7) is 1.85. The number of rotatable bonds is 10. The molecule has 1 aliphatic rings. The van der Waals surface area contributed by atoms with E-state index in [-0.39, 0.29) is 19.8 Å². The normalized spacial score (nSPS) is 25.9. The van der Waals surface area contributed by atoms with Crippen LogP contribution < -0.4 is 0 Å². The first-order valence-electron chi connectivity index (χ1n) is 12.0. The van der Waals surface area contributed by atoms with Crippen molar-refractivity contribution in [3.05, 3.63) is 108 Å². The number of aliphatic hydroxyl groups excluding tert-OH is 2. The second-order valence-corrected chi connectivity index (χ2v) is 8.84. The summed E-state index contributed by atoms with van der Waals surface area (Å²) in [6.07, 6.45) is -6.59. The minimum atomic E-state index is -1.33. The number of esters is 1. The van der Waals surface area contributed by atoms with Gasteiger partial charge in [-0.2, -0.15) is 0 Å². The van der Waals surface area contributed by atoms with Crippen LogP contribution in [0.2, 0.25) is 0 Å². The molecule has 7 nitrogen and oxygen atoms in total. The molecule has 0 amide bonds. The molecule has 0 radical (unpaired) electrons. The molecule has 0 spiro atoms. The molecule has 2 N–H and O–H groups in total. The maximum atomic E-state index is 11.8. The molecule has 0 bridgehead atoms. The lowest BCUT2D eigenvalue weighted by molar-refractivity contribution is -0.267. The van der Waals surface area contributed by atoms with Gasteiger partial charge < -0.3 is 29.2 Å². The third-order valence-corrected chi connectivity index (χ3v) is 6.15. The third-order valence-electron chi connectivity index (χ3n) is 6.15. The molecule has 190 valence electrons. The predicted molar refractivity (Wildman–Crippen MR) is 133 cm³/mol. The standard InChI is InChI=1S/C29H32O7/c1-20(30)36-26-24(31)27(33-17-21-11-5-2-6-12-21)29(35-19-23-15-9-4-10-16-23)28(25(26)32)34-18-22-13-7-3-8-14-22/h2-16,24-29,31-32H,17-19H2,1H3/t24-,25+,26?,27-,28-,29?/m1/s1. The molecule has 4 rings (SSSR count). The van der Waals surface area contributed by atoms with Crippen molar-refractivity contribution >= 4 is 5.97 Å². The fourth-order valence-electron chi connectivity index (χ4n) is 4.36. The van der Waals surface area contributed by atoms with Crippen LogP contribution >= 0.6 is 0 Å². The van der Waals surface area contributed by atoms with Crippen LogP contribution in [0.5, 0.6) is 0 Å². The fraction of sp³-hybridized carbons (Fsp3) is 0.345. The first-order valence-corrected chi connectivity index (χ1v) is 12.0. The average Bonchev–Trinajstić information content (AvgIpc) is 2.90. The maximum absolute atomic E-state index is 11.8. The summed E-state index contributed by atoms with van der Waals surface area (Å²) in [6, 6.07) is 28.7. The number of hydrogen-bond acceptors (Lipinski definition) is 7. The first-order chi connectivity index (χ1) is 17.5. The van der Waals surface area contributed by atoms with E-state index in [0.29, 0.717) is 0 Å². The molecule has 6 atom stereocenters. The number of benzene rings is 3. The molecule has 3 aromatic rings. The molecule has 2 unspecified atom stereocenters. The Hall–Kier alpha value is -3.07.